The lowest BCUT2D eigenvalue weighted by atomic mass is 9.98. The number of nitrogens with zero attached hydrogens (tertiary/aromatic N) is 1. The van der Waals surface area contributed by atoms with E-state index in [1.165, 1.54) is 24.9 Å². The Morgan fingerprint density at radius 2 is 2.19 bits per heavy atom. The highest BCUT2D eigenvalue weighted by atomic mass is 32.2. The number of aryl methyl sites for hydroxylation is 1. The molecule has 1 aromatic carbocycles. The Kier molecular flexibility index (Phi) is 6.22. The normalized spacial score (nSPS) is 12.5. The van der Waals surface area contributed by atoms with E-state index in [4.69, 9.17) is 4.74 Å². The van der Waals surface area contributed by atoms with Gasteiger partial charge in [-0.1, -0.05) is 38.1 Å². The topological polar surface area (TPSA) is 55.0 Å². The number of nitrogens with one attached hydrogen (secondary N) is 1. The van der Waals surface area contributed by atoms with Crippen LogP contribution in [0, 0.1) is 18.7 Å². The van der Waals surface area contributed by atoms with Gasteiger partial charge >= 0.3 is 0 Å². The predicted octanol–water partition coefficient (Wildman–Crippen LogP) is 5.32. The van der Waals surface area contributed by atoms with Crippen LogP contribution in [0.4, 0.5) is 4.39 Å². The van der Waals surface area contributed by atoms with Crippen LogP contribution in [-0.2, 0) is 12.2 Å². The van der Waals surface area contributed by atoms with Crippen molar-refractivity contribution in [2.24, 2.45) is 5.92 Å². The second-order valence-electron chi connectivity index (χ2n) is 6.66. The van der Waals surface area contributed by atoms with Crippen LogP contribution in [-0.4, -0.2) is 17.1 Å². The summed E-state index contributed by atoms with van der Waals surface area (Å²) < 4.78 is 18.8. The molecule has 2 aromatic heterocycles. The van der Waals surface area contributed by atoms with E-state index in [9.17, 15) is 9.18 Å². The summed E-state index contributed by atoms with van der Waals surface area (Å²) in [6.07, 6.45) is 1.97. The van der Waals surface area contributed by atoms with Gasteiger partial charge in [0.25, 0.3) is 5.56 Å². The third kappa shape index (κ3) is 4.35. The fraction of sp³-hybridized carbons (Fsp3) is 0.400. The first-order valence-electron chi connectivity index (χ1n) is 8.90. The average molecular weight is 407 g/mol. The number of aromatic amines is 1. The number of hydrogen-bond acceptors (Lipinski definition) is 5. The van der Waals surface area contributed by atoms with E-state index in [-0.39, 0.29) is 11.3 Å². The Balaban J connectivity index is 1.84. The quantitative estimate of drug-likeness (QED) is 0.426. The molecule has 0 amide bonds. The monoisotopic (exact) mass is 406 g/mol. The second kappa shape index (κ2) is 8.44. The van der Waals surface area contributed by atoms with Crippen molar-refractivity contribution in [2.75, 3.05) is 7.11 Å². The smallest absolute Gasteiger partial charge is 0.260 e. The van der Waals surface area contributed by atoms with Crippen LogP contribution in [0.2, 0.25) is 0 Å². The van der Waals surface area contributed by atoms with Crippen LogP contribution in [0.3, 0.4) is 0 Å². The number of H-pyrrole nitrogens is 1. The Labute approximate surface area is 166 Å². The number of rotatable bonds is 7. The highest BCUT2D eigenvalue weighted by Crippen LogP contribution is 2.31. The Hall–Kier alpha value is -1.86. The summed E-state index contributed by atoms with van der Waals surface area (Å²) in [7, 11) is 1.44. The van der Waals surface area contributed by atoms with Crippen molar-refractivity contribution in [1.29, 1.82) is 0 Å². The Morgan fingerprint density at radius 3 is 2.85 bits per heavy atom. The summed E-state index contributed by atoms with van der Waals surface area (Å²) in [5, 5.41) is 1.28. The lowest BCUT2D eigenvalue weighted by Crippen LogP contribution is -2.11. The molecule has 1 N–H and O–H groups in total. The van der Waals surface area contributed by atoms with Gasteiger partial charge in [0.2, 0.25) is 0 Å². The second-order valence-corrected chi connectivity index (χ2v) is 8.83. The Morgan fingerprint density at radius 1 is 1.41 bits per heavy atom. The largest absolute Gasteiger partial charge is 0.494 e. The lowest BCUT2D eigenvalue weighted by Gasteiger charge is -2.08. The standard InChI is InChI=1S/C20H23FN2O2S2/c1-5-11(2)8-14-12(3)27-19-17(14)18(24)22-20(23-19)26-10-13-6-7-16(25-4)15(21)9-13/h6-7,9,11H,5,8,10H2,1-4H3,(H,22,23,24)/t11-/m0/s1. The van der Waals surface area contributed by atoms with Gasteiger partial charge in [-0.15, -0.1) is 11.3 Å². The molecular weight excluding hydrogens is 383 g/mol. The maximum absolute atomic E-state index is 13.8. The number of benzene rings is 1. The van der Waals surface area contributed by atoms with Gasteiger partial charge < -0.3 is 9.72 Å². The first kappa shape index (κ1) is 19.9. The molecule has 0 fully saturated rings. The van der Waals surface area contributed by atoms with Crippen LogP contribution in [0.5, 0.6) is 5.75 Å². The van der Waals surface area contributed by atoms with Crippen LogP contribution in [0.1, 0.15) is 36.3 Å². The maximum Gasteiger partial charge on any atom is 0.260 e. The van der Waals surface area contributed by atoms with E-state index in [1.807, 2.05) is 6.07 Å². The van der Waals surface area contributed by atoms with Gasteiger partial charge in [0.05, 0.1) is 12.5 Å². The van der Waals surface area contributed by atoms with E-state index in [0.717, 1.165) is 39.1 Å². The summed E-state index contributed by atoms with van der Waals surface area (Å²) in [6.45, 7) is 6.41. The van der Waals surface area contributed by atoms with Crippen LogP contribution in [0.25, 0.3) is 10.2 Å². The van der Waals surface area contributed by atoms with E-state index in [1.54, 1.807) is 17.4 Å². The minimum absolute atomic E-state index is 0.0916. The fourth-order valence-electron chi connectivity index (χ4n) is 2.91. The van der Waals surface area contributed by atoms with Crippen LogP contribution in [0.15, 0.2) is 28.2 Å². The van der Waals surface area contributed by atoms with Crippen molar-refractivity contribution in [3.05, 3.63) is 50.4 Å². The van der Waals surface area contributed by atoms with E-state index < -0.39 is 5.82 Å². The number of fused-ring (bicyclic) bond motifs is 1. The number of hydrogen-bond donors (Lipinski definition) is 1. The molecule has 0 aliphatic rings. The summed E-state index contributed by atoms with van der Waals surface area (Å²) in [4.78, 5) is 22.1. The Bertz CT molecular complexity index is 1010. The number of methoxy groups -OCH3 is 1. The summed E-state index contributed by atoms with van der Waals surface area (Å²) >= 11 is 2.96. The zero-order chi connectivity index (χ0) is 19.6. The number of aromatic nitrogens is 2. The van der Waals surface area contributed by atoms with Crippen LogP contribution < -0.4 is 10.3 Å². The van der Waals surface area contributed by atoms with Gasteiger partial charge in [-0.25, -0.2) is 9.37 Å². The summed E-state index contributed by atoms with van der Waals surface area (Å²) in [6, 6.07) is 4.86. The minimum Gasteiger partial charge on any atom is -0.494 e. The fourth-order valence-corrected chi connectivity index (χ4v) is 4.83. The molecule has 27 heavy (non-hydrogen) atoms. The molecule has 0 aliphatic heterocycles. The molecule has 0 spiro atoms. The zero-order valence-corrected chi connectivity index (χ0v) is 17.5. The van der Waals surface area contributed by atoms with Crippen molar-refractivity contribution in [2.45, 2.75) is 44.5 Å². The number of thiophene rings is 1. The number of thioether (sulfide) groups is 1. The average Bonchev–Trinajstić information content (AvgIpc) is 2.95. The third-order valence-corrected chi connectivity index (χ3v) is 6.67. The van der Waals surface area contributed by atoms with Crippen molar-refractivity contribution >= 4 is 33.3 Å². The van der Waals surface area contributed by atoms with E-state index in [0.29, 0.717) is 16.8 Å². The van der Waals surface area contributed by atoms with Gasteiger partial charge in [-0.05, 0) is 42.5 Å². The van der Waals surface area contributed by atoms with E-state index >= 15 is 0 Å². The first-order chi connectivity index (χ1) is 12.9. The zero-order valence-electron chi connectivity index (χ0n) is 15.9. The molecule has 2 heterocycles. The molecule has 3 aromatic rings. The minimum atomic E-state index is -0.393. The molecule has 0 saturated heterocycles. The summed E-state index contributed by atoms with van der Waals surface area (Å²) in [5.74, 6) is 0.870. The molecular formula is C20H23FN2O2S2. The molecule has 4 nitrogen and oxygen atoms in total. The first-order valence-corrected chi connectivity index (χ1v) is 10.7. The van der Waals surface area contributed by atoms with Crippen molar-refractivity contribution in [3.63, 3.8) is 0 Å². The van der Waals surface area contributed by atoms with Crippen molar-refractivity contribution < 1.29 is 9.13 Å². The lowest BCUT2D eigenvalue weighted by molar-refractivity contribution is 0.386. The van der Waals surface area contributed by atoms with Gasteiger partial charge in [-0.2, -0.15) is 0 Å². The van der Waals surface area contributed by atoms with Gasteiger partial charge in [0.15, 0.2) is 16.7 Å². The molecule has 1 atom stereocenters. The highest BCUT2D eigenvalue weighted by Gasteiger charge is 2.17. The van der Waals surface area contributed by atoms with Crippen LogP contribution >= 0.6 is 23.1 Å². The van der Waals surface area contributed by atoms with Gasteiger partial charge in [0.1, 0.15) is 4.83 Å². The molecule has 144 valence electrons. The van der Waals surface area contributed by atoms with Gasteiger partial charge in [0, 0.05) is 10.6 Å². The number of halogens is 1. The molecule has 0 saturated carbocycles. The molecule has 0 bridgehead atoms. The number of ether oxygens (including phenoxy) is 1. The molecule has 0 unspecified atom stereocenters. The SMILES string of the molecule is CC[C@H](C)Cc1c(C)sc2nc(SCc3ccc(OC)c(F)c3)[nH]c(=O)c12. The highest BCUT2D eigenvalue weighted by molar-refractivity contribution is 7.98. The molecule has 0 radical (unpaired) electrons. The van der Waals surface area contributed by atoms with E-state index in [2.05, 4.69) is 30.7 Å². The van der Waals surface area contributed by atoms with Crippen molar-refractivity contribution in [1.82, 2.24) is 9.97 Å². The molecule has 7 heteroatoms. The predicted molar refractivity (Wildman–Crippen MR) is 111 cm³/mol. The molecule has 0 aliphatic carbocycles. The maximum atomic E-state index is 13.8. The van der Waals surface area contributed by atoms with Gasteiger partial charge in [-0.3, -0.25) is 4.79 Å². The summed E-state index contributed by atoms with van der Waals surface area (Å²) in [5.41, 5.74) is 1.83. The van der Waals surface area contributed by atoms with Crippen molar-refractivity contribution in [3.8, 4) is 5.75 Å². The molecule has 3 rings (SSSR count). The third-order valence-electron chi connectivity index (χ3n) is 4.68.